The standard InChI is InChI=1S/C14H15BrCl2N2/c1-19-8-11(7-18-19)6-14(9-16,10-17)12-2-4-13(15)5-3-12/h2-5,7-8H,6,9-10H2,1H3. The average molecular weight is 362 g/mol. The summed E-state index contributed by atoms with van der Waals surface area (Å²) in [6.45, 7) is 0. The van der Waals surface area contributed by atoms with Gasteiger partial charge in [0.2, 0.25) is 0 Å². The van der Waals surface area contributed by atoms with Gasteiger partial charge in [-0.15, -0.1) is 23.2 Å². The van der Waals surface area contributed by atoms with Crippen LogP contribution in [-0.2, 0) is 18.9 Å². The van der Waals surface area contributed by atoms with Crippen LogP contribution in [0.4, 0.5) is 0 Å². The molecule has 0 aliphatic heterocycles. The van der Waals surface area contributed by atoms with Crippen LogP contribution in [0.15, 0.2) is 41.1 Å². The van der Waals surface area contributed by atoms with E-state index in [1.807, 2.05) is 31.6 Å². The van der Waals surface area contributed by atoms with Crippen LogP contribution in [-0.4, -0.2) is 21.5 Å². The molecule has 5 heteroatoms. The monoisotopic (exact) mass is 360 g/mol. The second-order valence-corrected chi connectivity index (χ2v) is 6.20. The van der Waals surface area contributed by atoms with Crippen molar-refractivity contribution in [3.8, 4) is 0 Å². The Hall–Kier alpha value is -0.510. The fourth-order valence-corrected chi connectivity index (χ4v) is 3.19. The number of hydrogen-bond acceptors (Lipinski definition) is 1. The Bertz CT molecular complexity index is 533. The second kappa shape index (κ2) is 6.29. The van der Waals surface area contributed by atoms with Gasteiger partial charge in [-0.3, -0.25) is 4.68 Å². The van der Waals surface area contributed by atoms with Crippen molar-refractivity contribution in [3.63, 3.8) is 0 Å². The van der Waals surface area contributed by atoms with Gasteiger partial charge in [-0.2, -0.15) is 5.10 Å². The second-order valence-electron chi connectivity index (χ2n) is 4.75. The highest BCUT2D eigenvalue weighted by Crippen LogP contribution is 2.32. The summed E-state index contributed by atoms with van der Waals surface area (Å²) in [5.41, 5.74) is 2.05. The Morgan fingerprint density at radius 2 is 1.84 bits per heavy atom. The van der Waals surface area contributed by atoms with Gasteiger partial charge in [0, 0.05) is 34.9 Å². The van der Waals surface area contributed by atoms with Crippen molar-refractivity contribution >= 4 is 39.1 Å². The highest BCUT2D eigenvalue weighted by atomic mass is 79.9. The summed E-state index contributed by atoms with van der Waals surface area (Å²) in [6.07, 6.45) is 4.66. The normalized spacial score (nSPS) is 11.8. The molecule has 102 valence electrons. The molecule has 0 radical (unpaired) electrons. The van der Waals surface area contributed by atoms with E-state index in [1.54, 1.807) is 4.68 Å². The van der Waals surface area contributed by atoms with Gasteiger partial charge in [0.05, 0.1) is 6.20 Å². The summed E-state index contributed by atoms with van der Waals surface area (Å²) in [5, 5.41) is 4.20. The third kappa shape index (κ3) is 3.33. The minimum atomic E-state index is -0.257. The zero-order chi connectivity index (χ0) is 13.9. The highest BCUT2D eigenvalue weighted by molar-refractivity contribution is 9.10. The fraction of sp³-hybridized carbons (Fsp3) is 0.357. The summed E-state index contributed by atoms with van der Waals surface area (Å²) in [4.78, 5) is 0. The maximum absolute atomic E-state index is 6.23. The molecule has 0 aliphatic rings. The highest BCUT2D eigenvalue weighted by Gasteiger charge is 2.31. The predicted molar refractivity (Wildman–Crippen MR) is 84.2 cm³/mol. The number of nitrogens with zero attached hydrogens (tertiary/aromatic N) is 2. The molecule has 2 nitrogen and oxygen atoms in total. The number of hydrogen-bond donors (Lipinski definition) is 0. The molecule has 0 unspecified atom stereocenters. The average Bonchev–Trinajstić information content (AvgIpc) is 2.82. The van der Waals surface area contributed by atoms with Crippen LogP contribution in [0.5, 0.6) is 0 Å². The van der Waals surface area contributed by atoms with Crippen LogP contribution in [0.2, 0.25) is 0 Å². The van der Waals surface area contributed by atoms with E-state index in [4.69, 9.17) is 23.2 Å². The van der Waals surface area contributed by atoms with Gasteiger partial charge >= 0.3 is 0 Å². The first-order valence-electron chi connectivity index (χ1n) is 5.95. The van der Waals surface area contributed by atoms with E-state index in [0.717, 1.165) is 22.0 Å². The molecule has 2 aromatic rings. The largest absolute Gasteiger partial charge is 0.276 e. The molecule has 0 saturated heterocycles. The number of aryl methyl sites for hydroxylation is 1. The predicted octanol–water partition coefficient (Wildman–Crippen LogP) is 4.14. The Labute approximate surface area is 131 Å². The van der Waals surface area contributed by atoms with Crippen molar-refractivity contribution in [1.29, 1.82) is 0 Å². The molecule has 0 amide bonds. The van der Waals surface area contributed by atoms with E-state index in [0.29, 0.717) is 11.8 Å². The minimum Gasteiger partial charge on any atom is -0.276 e. The molecule has 0 N–H and O–H groups in total. The van der Waals surface area contributed by atoms with Crippen LogP contribution in [0, 0.1) is 0 Å². The third-order valence-corrected chi connectivity index (χ3v) is 4.82. The van der Waals surface area contributed by atoms with Crippen LogP contribution < -0.4 is 0 Å². The van der Waals surface area contributed by atoms with Crippen molar-refractivity contribution in [1.82, 2.24) is 9.78 Å². The van der Waals surface area contributed by atoms with Crippen LogP contribution in [0.25, 0.3) is 0 Å². The van der Waals surface area contributed by atoms with Crippen LogP contribution in [0.1, 0.15) is 11.1 Å². The smallest absolute Gasteiger partial charge is 0.0521 e. The molecular formula is C14H15BrCl2N2. The summed E-state index contributed by atoms with van der Waals surface area (Å²) in [5.74, 6) is 0.958. The molecule has 0 aliphatic carbocycles. The van der Waals surface area contributed by atoms with Crippen molar-refractivity contribution in [2.24, 2.45) is 7.05 Å². The topological polar surface area (TPSA) is 17.8 Å². The molecule has 0 fully saturated rings. The van der Waals surface area contributed by atoms with Crippen molar-refractivity contribution < 1.29 is 0 Å². The number of benzene rings is 1. The first-order chi connectivity index (χ1) is 9.09. The number of rotatable bonds is 5. The van der Waals surface area contributed by atoms with Crippen molar-refractivity contribution in [2.75, 3.05) is 11.8 Å². The molecule has 1 heterocycles. The zero-order valence-corrected chi connectivity index (χ0v) is 13.7. The number of aromatic nitrogens is 2. The molecule has 2 rings (SSSR count). The molecule has 1 aromatic heterocycles. The van der Waals surface area contributed by atoms with Crippen molar-refractivity contribution in [3.05, 3.63) is 52.3 Å². The number of halogens is 3. The minimum absolute atomic E-state index is 0.257. The Kier molecular flexibility index (Phi) is 4.93. The molecular weight excluding hydrogens is 347 g/mol. The lowest BCUT2D eigenvalue weighted by Gasteiger charge is -2.30. The van der Waals surface area contributed by atoms with Crippen molar-refractivity contribution in [2.45, 2.75) is 11.8 Å². The van der Waals surface area contributed by atoms with Gasteiger partial charge in [-0.25, -0.2) is 0 Å². The molecule has 19 heavy (non-hydrogen) atoms. The zero-order valence-electron chi connectivity index (χ0n) is 10.6. The number of alkyl halides is 2. The fourth-order valence-electron chi connectivity index (χ4n) is 2.14. The SMILES string of the molecule is Cn1cc(CC(CCl)(CCl)c2ccc(Br)cc2)cn1. The Morgan fingerprint density at radius 1 is 1.21 bits per heavy atom. The lowest BCUT2D eigenvalue weighted by Crippen LogP contribution is -2.33. The van der Waals surface area contributed by atoms with E-state index in [1.165, 1.54) is 0 Å². The summed E-state index contributed by atoms with van der Waals surface area (Å²) >= 11 is 15.9. The maximum Gasteiger partial charge on any atom is 0.0521 e. The van der Waals surface area contributed by atoms with Gasteiger partial charge in [0.15, 0.2) is 0 Å². The molecule has 0 atom stereocenters. The molecule has 0 bridgehead atoms. The lowest BCUT2D eigenvalue weighted by atomic mass is 9.79. The summed E-state index contributed by atoms with van der Waals surface area (Å²) < 4.78 is 2.85. The van der Waals surface area contributed by atoms with E-state index >= 15 is 0 Å². The van der Waals surface area contributed by atoms with E-state index in [9.17, 15) is 0 Å². The Morgan fingerprint density at radius 3 is 2.32 bits per heavy atom. The summed E-state index contributed by atoms with van der Waals surface area (Å²) in [7, 11) is 1.91. The van der Waals surface area contributed by atoms with E-state index in [-0.39, 0.29) is 5.41 Å². The lowest BCUT2D eigenvalue weighted by molar-refractivity contribution is 0.536. The summed E-state index contributed by atoms with van der Waals surface area (Å²) in [6, 6.07) is 8.19. The van der Waals surface area contributed by atoms with Gasteiger partial charge in [-0.1, -0.05) is 28.1 Å². The Balaban J connectivity index is 2.33. The first kappa shape index (κ1) is 14.9. The van der Waals surface area contributed by atoms with Gasteiger partial charge in [0.25, 0.3) is 0 Å². The van der Waals surface area contributed by atoms with Gasteiger partial charge in [-0.05, 0) is 29.7 Å². The maximum atomic E-state index is 6.23. The third-order valence-electron chi connectivity index (χ3n) is 3.27. The van der Waals surface area contributed by atoms with Crippen LogP contribution >= 0.6 is 39.1 Å². The molecule has 0 saturated carbocycles. The molecule has 0 spiro atoms. The quantitative estimate of drug-likeness (QED) is 0.732. The molecule has 1 aromatic carbocycles. The van der Waals surface area contributed by atoms with Gasteiger partial charge < -0.3 is 0 Å². The van der Waals surface area contributed by atoms with Crippen LogP contribution in [0.3, 0.4) is 0 Å². The van der Waals surface area contributed by atoms with E-state index in [2.05, 4.69) is 33.2 Å². The first-order valence-corrected chi connectivity index (χ1v) is 7.81. The van der Waals surface area contributed by atoms with Gasteiger partial charge in [0.1, 0.15) is 0 Å². The van der Waals surface area contributed by atoms with E-state index < -0.39 is 0 Å².